The molecule has 1 heterocycles. The molecule has 1 amide bonds. The number of methoxy groups -OCH3 is 1. The number of ether oxygens (including phenoxy) is 3. The molecule has 0 N–H and O–H groups in total. The minimum atomic E-state index is -0.334. The maximum absolute atomic E-state index is 11.8. The summed E-state index contributed by atoms with van der Waals surface area (Å²) in [6.07, 6.45) is -0.579. The Morgan fingerprint density at radius 3 is 2.48 bits per heavy atom. The van der Waals surface area contributed by atoms with Crippen LogP contribution >= 0.6 is 0 Å². The van der Waals surface area contributed by atoms with Crippen molar-refractivity contribution < 1.29 is 19.0 Å². The van der Waals surface area contributed by atoms with Crippen molar-refractivity contribution in [3.63, 3.8) is 0 Å². The Labute approximate surface area is 148 Å². The van der Waals surface area contributed by atoms with E-state index in [2.05, 4.69) is 0 Å². The number of amides is 1. The van der Waals surface area contributed by atoms with Gasteiger partial charge in [-0.25, -0.2) is 0 Å². The van der Waals surface area contributed by atoms with Gasteiger partial charge in [-0.05, 0) is 17.7 Å². The summed E-state index contributed by atoms with van der Waals surface area (Å²) in [5.74, 6) is 1.38. The zero-order chi connectivity index (χ0) is 17.6. The van der Waals surface area contributed by atoms with E-state index in [1.54, 1.807) is 18.9 Å². The maximum Gasteiger partial charge on any atom is 0.219 e. The van der Waals surface area contributed by atoms with Gasteiger partial charge in [0.2, 0.25) is 5.91 Å². The molecule has 0 aromatic heterocycles. The average molecular weight is 341 g/mol. The second kappa shape index (κ2) is 8.03. The van der Waals surface area contributed by atoms with Gasteiger partial charge in [0, 0.05) is 13.5 Å². The van der Waals surface area contributed by atoms with Gasteiger partial charge in [-0.1, -0.05) is 42.5 Å². The van der Waals surface area contributed by atoms with Gasteiger partial charge in [0.15, 0.2) is 17.6 Å². The molecule has 1 saturated heterocycles. The minimum absolute atomic E-state index is 0.0532. The van der Waals surface area contributed by atoms with Crippen molar-refractivity contribution in [3.05, 3.63) is 60.2 Å². The molecular weight excluding hydrogens is 318 g/mol. The summed E-state index contributed by atoms with van der Waals surface area (Å²) in [4.78, 5) is 13.6. The molecule has 1 fully saturated rings. The first kappa shape index (κ1) is 17.3. The third-order valence-electron chi connectivity index (χ3n) is 4.33. The first-order valence-electron chi connectivity index (χ1n) is 8.41. The predicted octanol–water partition coefficient (Wildman–Crippen LogP) is 3.06. The molecule has 2 aromatic rings. The fourth-order valence-corrected chi connectivity index (χ4v) is 3.00. The molecule has 2 aromatic carbocycles. The number of morpholine rings is 1. The average Bonchev–Trinajstić information content (AvgIpc) is 2.67. The molecule has 0 aliphatic carbocycles. The van der Waals surface area contributed by atoms with Crippen molar-refractivity contribution in [1.82, 2.24) is 4.90 Å². The Bertz CT molecular complexity index is 704. The highest BCUT2D eigenvalue weighted by atomic mass is 16.6. The van der Waals surface area contributed by atoms with Crippen LogP contribution in [0.25, 0.3) is 0 Å². The summed E-state index contributed by atoms with van der Waals surface area (Å²) in [6, 6.07) is 17.5. The Hall–Kier alpha value is -2.53. The first-order chi connectivity index (χ1) is 12.2. The lowest BCUT2D eigenvalue weighted by molar-refractivity contribution is -0.141. The molecule has 0 radical (unpaired) electrons. The van der Waals surface area contributed by atoms with Crippen LogP contribution in [0.15, 0.2) is 54.6 Å². The number of nitrogens with zero attached hydrogens (tertiary/aromatic N) is 1. The van der Waals surface area contributed by atoms with Crippen LogP contribution < -0.4 is 9.47 Å². The molecule has 25 heavy (non-hydrogen) atoms. The highest BCUT2D eigenvalue weighted by Crippen LogP contribution is 2.33. The molecule has 0 saturated carbocycles. The van der Waals surface area contributed by atoms with Crippen molar-refractivity contribution >= 4 is 5.91 Å². The summed E-state index contributed by atoms with van der Waals surface area (Å²) in [6.45, 7) is 3.20. The Morgan fingerprint density at radius 2 is 1.80 bits per heavy atom. The van der Waals surface area contributed by atoms with Crippen molar-refractivity contribution in [2.45, 2.75) is 19.1 Å². The lowest BCUT2D eigenvalue weighted by Crippen LogP contribution is -2.48. The van der Waals surface area contributed by atoms with E-state index in [9.17, 15) is 4.79 Å². The van der Waals surface area contributed by atoms with Crippen LogP contribution in [0, 0.1) is 0 Å². The van der Waals surface area contributed by atoms with Crippen molar-refractivity contribution in [2.24, 2.45) is 0 Å². The van der Waals surface area contributed by atoms with E-state index in [1.165, 1.54) is 0 Å². The van der Waals surface area contributed by atoms with E-state index in [1.807, 2.05) is 54.6 Å². The number of para-hydroxylation sites is 2. The maximum atomic E-state index is 11.8. The molecule has 1 aliphatic heterocycles. The fraction of sp³-hybridized carbons (Fsp3) is 0.350. The molecule has 0 spiro atoms. The summed E-state index contributed by atoms with van der Waals surface area (Å²) < 4.78 is 17.7. The SMILES string of the molecule is COc1ccccc1OC(c1ccccc1)C1CN(C(C)=O)CCO1. The van der Waals surface area contributed by atoms with Crippen LogP contribution in [0.3, 0.4) is 0 Å². The molecule has 132 valence electrons. The summed E-state index contributed by atoms with van der Waals surface area (Å²) in [5.41, 5.74) is 1.00. The zero-order valence-corrected chi connectivity index (χ0v) is 14.6. The summed E-state index contributed by atoms with van der Waals surface area (Å²) in [7, 11) is 1.62. The molecule has 0 bridgehead atoms. The number of carbonyl (C=O) groups excluding carboxylic acids is 1. The number of hydrogen-bond acceptors (Lipinski definition) is 4. The van der Waals surface area contributed by atoms with Gasteiger partial charge >= 0.3 is 0 Å². The summed E-state index contributed by atoms with van der Waals surface area (Å²) >= 11 is 0. The minimum Gasteiger partial charge on any atom is -0.493 e. The van der Waals surface area contributed by atoms with Crippen molar-refractivity contribution in [2.75, 3.05) is 26.8 Å². The quantitative estimate of drug-likeness (QED) is 0.839. The molecule has 5 heteroatoms. The van der Waals surface area contributed by atoms with Crippen LogP contribution in [0.1, 0.15) is 18.6 Å². The number of hydrogen-bond donors (Lipinski definition) is 0. The number of rotatable bonds is 5. The molecule has 3 rings (SSSR count). The standard InChI is InChI=1S/C20H23NO4/c1-15(22)21-12-13-24-19(14-21)20(16-8-4-3-5-9-16)25-18-11-7-6-10-17(18)23-2/h3-11,19-20H,12-14H2,1-2H3. The van der Waals surface area contributed by atoms with Crippen LogP contribution in [0.2, 0.25) is 0 Å². The van der Waals surface area contributed by atoms with Gasteiger partial charge in [-0.3, -0.25) is 4.79 Å². The van der Waals surface area contributed by atoms with E-state index in [4.69, 9.17) is 14.2 Å². The van der Waals surface area contributed by atoms with Gasteiger partial charge in [0.05, 0.1) is 20.3 Å². The van der Waals surface area contributed by atoms with Gasteiger partial charge in [-0.2, -0.15) is 0 Å². The fourth-order valence-electron chi connectivity index (χ4n) is 3.00. The molecular formula is C20H23NO4. The topological polar surface area (TPSA) is 48.0 Å². The summed E-state index contributed by atoms with van der Waals surface area (Å²) in [5, 5.41) is 0. The van der Waals surface area contributed by atoms with Crippen LogP contribution in [0.4, 0.5) is 0 Å². The van der Waals surface area contributed by atoms with Crippen LogP contribution in [0.5, 0.6) is 11.5 Å². The number of carbonyl (C=O) groups is 1. The van der Waals surface area contributed by atoms with Gasteiger partial charge in [0.1, 0.15) is 6.10 Å². The third-order valence-corrected chi connectivity index (χ3v) is 4.33. The second-order valence-electron chi connectivity index (χ2n) is 5.97. The van der Waals surface area contributed by atoms with Gasteiger partial charge in [-0.15, -0.1) is 0 Å². The predicted molar refractivity (Wildman–Crippen MR) is 94.8 cm³/mol. The monoisotopic (exact) mass is 341 g/mol. The second-order valence-corrected chi connectivity index (χ2v) is 5.97. The van der Waals surface area contributed by atoms with Crippen LogP contribution in [-0.2, 0) is 9.53 Å². The largest absolute Gasteiger partial charge is 0.493 e. The van der Waals surface area contributed by atoms with Crippen LogP contribution in [-0.4, -0.2) is 43.7 Å². The van der Waals surface area contributed by atoms with Crippen molar-refractivity contribution in [3.8, 4) is 11.5 Å². The Kier molecular flexibility index (Phi) is 5.56. The molecule has 2 unspecified atom stereocenters. The third kappa shape index (κ3) is 4.12. The smallest absolute Gasteiger partial charge is 0.219 e. The van der Waals surface area contributed by atoms with E-state index in [0.29, 0.717) is 31.2 Å². The van der Waals surface area contributed by atoms with E-state index >= 15 is 0 Å². The van der Waals surface area contributed by atoms with E-state index in [-0.39, 0.29) is 18.1 Å². The van der Waals surface area contributed by atoms with Crippen molar-refractivity contribution in [1.29, 1.82) is 0 Å². The van der Waals surface area contributed by atoms with E-state index in [0.717, 1.165) is 5.56 Å². The highest BCUT2D eigenvalue weighted by molar-refractivity contribution is 5.73. The first-order valence-corrected chi connectivity index (χ1v) is 8.41. The highest BCUT2D eigenvalue weighted by Gasteiger charge is 2.32. The van der Waals surface area contributed by atoms with E-state index < -0.39 is 0 Å². The molecule has 2 atom stereocenters. The molecule has 5 nitrogen and oxygen atoms in total. The Morgan fingerprint density at radius 1 is 1.12 bits per heavy atom. The van der Waals surface area contributed by atoms with Gasteiger partial charge < -0.3 is 19.1 Å². The Balaban J connectivity index is 1.89. The lowest BCUT2D eigenvalue weighted by Gasteiger charge is -2.36. The normalized spacial score (nSPS) is 18.5. The lowest BCUT2D eigenvalue weighted by atomic mass is 10.0. The van der Waals surface area contributed by atoms with Gasteiger partial charge in [0.25, 0.3) is 0 Å². The zero-order valence-electron chi connectivity index (χ0n) is 14.6. The molecule has 1 aliphatic rings. The number of benzene rings is 2.